The summed E-state index contributed by atoms with van der Waals surface area (Å²) in [6.45, 7) is 1.07. The molecule has 6 heterocycles. The Labute approximate surface area is 251 Å². The molecule has 0 aliphatic carbocycles. The van der Waals surface area contributed by atoms with Crippen LogP contribution in [0.2, 0.25) is 0 Å². The first-order chi connectivity index (χ1) is 21.4. The Hall–Kier alpha value is -4.64. The number of halogens is 6. The van der Waals surface area contributed by atoms with Gasteiger partial charge in [0.15, 0.2) is 17.3 Å². The minimum Gasteiger partial charge on any atom is -0.490 e. The maximum atomic E-state index is 13.6. The molecule has 0 aromatic carbocycles. The lowest BCUT2D eigenvalue weighted by molar-refractivity contribution is -0.139. The fraction of sp³-hybridized carbons (Fsp3) is 0.481. The second-order valence-corrected chi connectivity index (χ2v) is 10.8. The number of alkyl halides is 6. The Balaban J connectivity index is 1.12. The van der Waals surface area contributed by atoms with Crippen LogP contribution in [0.25, 0.3) is 0 Å². The summed E-state index contributed by atoms with van der Waals surface area (Å²) in [5.74, 6) is -0.126. The number of carbonyl (C=O) groups excluding carboxylic acids is 1. The first-order valence-corrected chi connectivity index (χ1v) is 14.0. The Kier molecular flexibility index (Phi) is 7.90. The maximum Gasteiger partial charge on any atom is 0.423 e. The van der Waals surface area contributed by atoms with Gasteiger partial charge >= 0.3 is 12.4 Å². The lowest BCUT2D eigenvalue weighted by Gasteiger charge is -2.41. The van der Waals surface area contributed by atoms with Crippen LogP contribution in [0, 0.1) is 0 Å². The van der Waals surface area contributed by atoms with Crippen molar-refractivity contribution in [2.75, 3.05) is 49.2 Å². The zero-order valence-electron chi connectivity index (χ0n) is 23.4. The monoisotopic (exact) mass is 640 g/mol. The fourth-order valence-electron chi connectivity index (χ4n) is 5.86. The normalized spacial score (nSPS) is 20.3. The summed E-state index contributed by atoms with van der Waals surface area (Å²) in [7, 11) is 0. The van der Waals surface area contributed by atoms with Crippen LogP contribution in [0.15, 0.2) is 35.6 Å². The first-order valence-electron chi connectivity index (χ1n) is 14.0. The molecule has 45 heavy (non-hydrogen) atoms. The van der Waals surface area contributed by atoms with E-state index < -0.39 is 41.0 Å². The van der Waals surface area contributed by atoms with Crippen LogP contribution in [-0.2, 0) is 12.4 Å². The number of fused-ring (bicyclic) bond motifs is 3. The third kappa shape index (κ3) is 6.17. The number of hydrogen-bond acceptors (Lipinski definition) is 10. The number of hydrogen-bond donors (Lipinski definition) is 1. The van der Waals surface area contributed by atoms with E-state index in [4.69, 9.17) is 9.47 Å². The molecule has 1 amide bonds. The van der Waals surface area contributed by atoms with Crippen molar-refractivity contribution in [1.82, 2.24) is 30.0 Å². The average molecular weight is 641 g/mol. The molecule has 2 fully saturated rings. The lowest BCUT2D eigenvalue weighted by atomic mass is 10.1. The van der Waals surface area contributed by atoms with Gasteiger partial charge in [-0.15, -0.1) is 0 Å². The lowest BCUT2D eigenvalue weighted by Crippen LogP contribution is -2.55. The molecule has 6 rings (SSSR count). The molecule has 3 aromatic rings. The number of pyridine rings is 1. The van der Waals surface area contributed by atoms with Gasteiger partial charge in [0.25, 0.3) is 11.5 Å². The number of piperazine rings is 1. The van der Waals surface area contributed by atoms with E-state index in [1.807, 2.05) is 10.00 Å². The molecule has 0 spiro atoms. The summed E-state index contributed by atoms with van der Waals surface area (Å²) in [6, 6.07) is 0.139. The predicted molar refractivity (Wildman–Crippen MR) is 144 cm³/mol. The summed E-state index contributed by atoms with van der Waals surface area (Å²) in [6.07, 6.45) is -3.68. The van der Waals surface area contributed by atoms with Crippen molar-refractivity contribution in [1.29, 1.82) is 0 Å². The van der Waals surface area contributed by atoms with Crippen LogP contribution in [0.3, 0.4) is 0 Å². The molecule has 1 N–H and O–H groups in total. The molecular formula is C27H26F6N8O4. The van der Waals surface area contributed by atoms with Crippen LogP contribution in [-0.4, -0.2) is 87.4 Å². The predicted octanol–water partition coefficient (Wildman–Crippen LogP) is 3.15. The second-order valence-electron chi connectivity index (χ2n) is 10.8. The van der Waals surface area contributed by atoms with Gasteiger partial charge in [0.1, 0.15) is 12.2 Å². The van der Waals surface area contributed by atoms with Gasteiger partial charge in [-0.05, 0) is 18.9 Å². The highest BCUT2D eigenvalue weighted by atomic mass is 19.4. The summed E-state index contributed by atoms with van der Waals surface area (Å²) in [5.41, 5.74) is -3.93. The van der Waals surface area contributed by atoms with Crippen molar-refractivity contribution >= 4 is 17.4 Å². The second kappa shape index (κ2) is 11.7. The van der Waals surface area contributed by atoms with E-state index in [9.17, 15) is 35.9 Å². The third-order valence-corrected chi connectivity index (χ3v) is 7.97. The molecule has 0 bridgehead atoms. The molecule has 240 valence electrons. The number of aromatic nitrogens is 5. The molecule has 2 atom stereocenters. The van der Waals surface area contributed by atoms with Crippen molar-refractivity contribution in [2.45, 2.75) is 43.7 Å². The standard InChI is InChI=1S/C27H26F6N8O4/c28-26(29,30)15-8-20-23(35-9-15)41-6-5-39(13-16(41)3-7-44-20)25(43)18-10-34-12-21(37-18)45-14-17-2-1-4-40(17)19-11-36-38-24(42)22(19)27(31,32)33/h8-12,16-17H,1-7,13-14H2,(H,38,42)/t16?,17-/m0/s1. The van der Waals surface area contributed by atoms with Crippen LogP contribution < -0.4 is 24.8 Å². The van der Waals surface area contributed by atoms with E-state index in [1.54, 1.807) is 4.90 Å². The fourth-order valence-corrected chi connectivity index (χ4v) is 5.86. The first kappa shape index (κ1) is 30.4. The molecule has 3 aromatic heterocycles. The van der Waals surface area contributed by atoms with E-state index in [2.05, 4.69) is 20.1 Å². The molecular weight excluding hydrogens is 614 g/mol. The summed E-state index contributed by atoms with van der Waals surface area (Å²) in [5, 5.41) is 5.38. The van der Waals surface area contributed by atoms with E-state index in [-0.39, 0.29) is 67.7 Å². The summed E-state index contributed by atoms with van der Waals surface area (Å²) in [4.78, 5) is 42.5. The van der Waals surface area contributed by atoms with Crippen molar-refractivity contribution in [3.63, 3.8) is 0 Å². The SMILES string of the molecule is O=C(c1cncc(OC[C@@H]2CCCN2c2cn[nH]c(=O)c2C(F)(F)F)n1)N1CCN2c3ncc(C(F)(F)F)cc3OCCC2C1. The van der Waals surface area contributed by atoms with E-state index >= 15 is 0 Å². The quantitative estimate of drug-likeness (QED) is 0.416. The summed E-state index contributed by atoms with van der Waals surface area (Å²) >= 11 is 0. The zero-order chi connectivity index (χ0) is 31.9. The smallest absolute Gasteiger partial charge is 0.423 e. The number of H-pyrrole nitrogens is 1. The molecule has 12 nitrogen and oxygen atoms in total. The maximum absolute atomic E-state index is 13.6. The molecule has 3 aliphatic heterocycles. The largest absolute Gasteiger partial charge is 0.490 e. The van der Waals surface area contributed by atoms with E-state index in [0.717, 1.165) is 18.5 Å². The highest BCUT2D eigenvalue weighted by molar-refractivity contribution is 5.92. The number of rotatable bonds is 5. The molecule has 1 unspecified atom stereocenters. The Morgan fingerprint density at radius 3 is 2.62 bits per heavy atom. The molecule has 3 aliphatic rings. The van der Waals surface area contributed by atoms with Crippen LogP contribution >= 0.6 is 0 Å². The Morgan fingerprint density at radius 2 is 1.84 bits per heavy atom. The highest BCUT2D eigenvalue weighted by Gasteiger charge is 2.41. The van der Waals surface area contributed by atoms with Gasteiger partial charge in [-0.25, -0.2) is 15.1 Å². The van der Waals surface area contributed by atoms with Gasteiger partial charge in [-0.1, -0.05) is 0 Å². The van der Waals surface area contributed by atoms with Gasteiger partial charge in [0, 0.05) is 38.8 Å². The average Bonchev–Trinajstić information content (AvgIpc) is 3.39. The van der Waals surface area contributed by atoms with Gasteiger partial charge < -0.3 is 24.2 Å². The minimum atomic E-state index is -4.88. The number of anilines is 2. The molecule has 18 heteroatoms. The number of nitrogens with one attached hydrogen (secondary N) is 1. The van der Waals surface area contributed by atoms with Crippen LogP contribution in [0.4, 0.5) is 37.8 Å². The number of aromatic amines is 1. The van der Waals surface area contributed by atoms with Crippen molar-refractivity contribution in [3.05, 3.63) is 58.0 Å². The summed E-state index contributed by atoms with van der Waals surface area (Å²) < 4.78 is 91.8. The third-order valence-electron chi connectivity index (χ3n) is 7.97. The number of amides is 1. The number of nitrogens with zero attached hydrogens (tertiary/aromatic N) is 7. The highest BCUT2D eigenvalue weighted by Crippen LogP contribution is 2.39. The van der Waals surface area contributed by atoms with Crippen molar-refractivity contribution in [2.24, 2.45) is 0 Å². The number of carbonyl (C=O) groups is 1. The zero-order valence-corrected chi connectivity index (χ0v) is 23.4. The van der Waals surface area contributed by atoms with E-state index in [0.29, 0.717) is 25.8 Å². The van der Waals surface area contributed by atoms with Crippen molar-refractivity contribution < 1.29 is 40.6 Å². The molecule has 0 saturated carbocycles. The van der Waals surface area contributed by atoms with E-state index in [1.165, 1.54) is 17.3 Å². The Bertz CT molecular complexity index is 1630. The topological polar surface area (TPSA) is 130 Å². The Morgan fingerprint density at radius 1 is 1.02 bits per heavy atom. The van der Waals surface area contributed by atoms with Gasteiger partial charge in [0.05, 0.1) is 48.5 Å². The minimum absolute atomic E-state index is 0.00660. The van der Waals surface area contributed by atoms with Crippen molar-refractivity contribution in [3.8, 4) is 11.6 Å². The van der Waals surface area contributed by atoms with Gasteiger partial charge in [0.2, 0.25) is 5.88 Å². The van der Waals surface area contributed by atoms with Gasteiger partial charge in [-0.3, -0.25) is 14.6 Å². The molecule has 2 saturated heterocycles. The number of ether oxygens (including phenoxy) is 2. The van der Waals surface area contributed by atoms with Crippen LogP contribution in [0.5, 0.6) is 11.6 Å². The van der Waals surface area contributed by atoms with Crippen LogP contribution in [0.1, 0.15) is 40.9 Å². The molecule has 0 radical (unpaired) electrons. The van der Waals surface area contributed by atoms with Gasteiger partial charge in [-0.2, -0.15) is 31.4 Å².